The van der Waals surface area contributed by atoms with Crippen molar-refractivity contribution in [2.45, 2.75) is 32.9 Å². The third kappa shape index (κ3) is 10.1. The molecule has 1 rings (SSSR count). The van der Waals surface area contributed by atoms with Crippen molar-refractivity contribution in [1.29, 1.82) is 0 Å². The molecule has 0 spiro atoms. The Morgan fingerprint density at radius 1 is 1.32 bits per heavy atom. The maximum absolute atomic E-state index is 9.63. The molecule has 0 fully saturated rings. The molecular formula is C14H23NO4. The van der Waals surface area contributed by atoms with Gasteiger partial charge in [-0.05, 0) is 19.1 Å². The highest BCUT2D eigenvalue weighted by Gasteiger charge is 2.05. The van der Waals surface area contributed by atoms with Crippen LogP contribution in [0, 0.1) is 6.92 Å². The van der Waals surface area contributed by atoms with Gasteiger partial charge in [-0.2, -0.15) is 0 Å². The molecule has 0 amide bonds. The molecule has 3 N–H and O–H groups in total. The van der Waals surface area contributed by atoms with Crippen molar-refractivity contribution in [3.63, 3.8) is 0 Å². The van der Waals surface area contributed by atoms with Crippen LogP contribution in [0.15, 0.2) is 24.3 Å². The van der Waals surface area contributed by atoms with Gasteiger partial charge in [-0.1, -0.05) is 31.5 Å². The second-order valence-electron chi connectivity index (χ2n) is 4.45. The minimum Gasteiger partial charge on any atom is -0.491 e. The zero-order valence-electron chi connectivity index (χ0n) is 11.7. The number of hydrogen-bond donors (Lipinski definition) is 3. The normalized spacial score (nSPS) is 11.4. The Morgan fingerprint density at radius 3 is 2.32 bits per heavy atom. The molecule has 0 aliphatic rings. The van der Waals surface area contributed by atoms with E-state index in [1.807, 2.05) is 45.0 Å². The second kappa shape index (κ2) is 10.3. The van der Waals surface area contributed by atoms with Gasteiger partial charge >= 0.3 is 0 Å². The van der Waals surface area contributed by atoms with Gasteiger partial charge in [0, 0.05) is 12.6 Å². The van der Waals surface area contributed by atoms with E-state index in [1.165, 1.54) is 5.56 Å². The summed E-state index contributed by atoms with van der Waals surface area (Å²) in [6.07, 6.45) is -0.469. The summed E-state index contributed by atoms with van der Waals surface area (Å²) in [4.78, 5) is 8.36. The smallest absolute Gasteiger partial charge is 0.290 e. The fourth-order valence-corrected chi connectivity index (χ4v) is 1.26. The van der Waals surface area contributed by atoms with E-state index in [0.717, 1.165) is 5.75 Å². The lowest BCUT2D eigenvalue weighted by Crippen LogP contribution is -2.35. The summed E-state index contributed by atoms with van der Waals surface area (Å²) in [5.41, 5.74) is 1.20. The SMILES string of the molecule is Cc1ccc(OCC(O)CNC(C)C)cc1.O=CO. The highest BCUT2D eigenvalue weighted by Crippen LogP contribution is 2.11. The molecule has 5 heteroatoms. The average molecular weight is 269 g/mol. The lowest BCUT2D eigenvalue weighted by Gasteiger charge is -2.15. The summed E-state index contributed by atoms with van der Waals surface area (Å²) in [5, 5.41) is 19.7. The molecule has 5 nitrogen and oxygen atoms in total. The molecule has 108 valence electrons. The monoisotopic (exact) mass is 269 g/mol. The van der Waals surface area contributed by atoms with Gasteiger partial charge in [0.2, 0.25) is 0 Å². The lowest BCUT2D eigenvalue weighted by atomic mass is 10.2. The number of nitrogens with one attached hydrogen (secondary N) is 1. The summed E-state index contributed by atoms with van der Waals surface area (Å²) in [7, 11) is 0. The third-order valence-electron chi connectivity index (χ3n) is 2.23. The first-order chi connectivity index (χ1) is 8.99. The number of aliphatic hydroxyl groups is 1. The molecule has 0 heterocycles. The molecule has 0 saturated heterocycles. The van der Waals surface area contributed by atoms with Gasteiger partial charge in [-0.15, -0.1) is 0 Å². The molecular weight excluding hydrogens is 246 g/mol. The molecule has 1 aromatic carbocycles. The Labute approximate surface area is 114 Å². The van der Waals surface area contributed by atoms with E-state index in [1.54, 1.807) is 0 Å². The molecule has 1 atom stereocenters. The first kappa shape index (κ1) is 17.4. The second-order valence-corrected chi connectivity index (χ2v) is 4.45. The zero-order chi connectivity index (χ0) is 14.7. The number of rotatable bonds is 6. The van der Waals surface area contributed by atoms with Crippen LogP contribution in [0.2, 0.25) is 0 Å². The van der Waals surface area contributed by atoms with Crippen molar-refractivity contribution in [3.8, 4) is 5.75 Å². The molecule has 0 aromatic heterocycles. The molecule has 0 saturated carbocycles. The van der Waals surface area contributed by atoms with Crippen LogP contribution in [0.1, 0.15) is 19.4 Å². The average Bonchev–Trinajstić information content (AvgIpc) is 2.36. The van der Waals surface area contributed by atoms with E-state index < -0.39 is 6.10 Å². The van der Waals surface area contributed by atoms with Crippen molar-refractivity contribution >= 4 is 6.47 Å². The van der Waals surface area contributed by atoms with Gasteiger partial charge in [0.1, 0.15) is 18.5 Å². The summed E-state index contributed by atoms with van der Waals surface area (Å²) in [6, 6.07) is 8.20. The standard InChI is InChI=1S/C13H21NO2.CH2O2/c1-10(2)14-8-12(15)9-16-13-6-4-11(3)5-7-13;2-1-3/h4-7,10,12,14-15H,8-9H2,1-3H3;1H,(H,2,3). The molecule has 1 unspecified atom stereocenters. The predicted octanol–water partition coefficient (Wildman–Crippen LogP) is 1.43. The van der Waals surface area contributed by atoms with Gasteiger partial charge in [-0.3, -0.25) is 4.79 Å². The molecule has 0 radical (unpaired) electrons. The molecule has 19 heavy (non-hydrogen) atoms. The largest absolute Gasteiger partial charge is 0.491 e. The summed E-state index contributed by atoms with van der Waals surface area (Å²) < 4.78 is 5.47. The highest BCUT2D eigenvalue weighted by molar-refractivity contribution is 5.32. The lowest BCUT2D eigenvalue weighted by molar-refractivity contribution is -0.122. The summed E-state index contributed by atoms with van der Waals surface area (Å²) in [5.74, 6) is 0.800. The van der Waals surface area contributed by atoms with Gasteiger partial charge in [0.15, 0.2) is 0 Å². The van der Waals surface area contributed by atoms with Crippen LogP contribution in [-0.2, 0) is 4.79 Å². The summed E-state index contributed by atoms with van der Waals surface area (Å²) >= 11 is 0. The van der Waals surface area contributed by atoms with Crippen LogP contribution in [0.5, 0.6) is 5.75 Å². The van der Waals surface area contributed by atoms with E-state index in [0.29, 0.717) is 19.2 Å². The Balaban J connectivity index is 0.000000982. The third-order valence-corrected chi connectivity index (χ3v) is 2.23. The van der Waals surface area contributed by atoms with Gasteiger partial charge in [0.25, 0.3) is 6.47 Å². The first-order valence-electron chi connectivity index (χ1n) is 6.18. The zero-order valence-corrected chi connectivity index (χ0v) is 11.7. The number of hydrogen-bond acceptors (Lipinski definition) is 4. The minimum atomic E-state index is -0.469. The van der Waals surface area contributed by atoms with Crippen molar-refractivity contribution in [3.05, 3.63) is 29.8 Å². The molecule has 0 aliphatic carbocycles. The molecule has 0 bridgehead atoms. The fraction of sp³-hybridized carbons (Fsp3) is 0.500. The van der Waals surface area contributed by atoms with Gasteiger partial charge < -0.3 is 20.3 Å². The minimum absolute atomic E-state index is 0.250. The van der Waals surface area contributed by atoms with Crippen LogP contribution in [0.4, 0.5) is 0 Å². The van der Waals surface area contributed by atoms with E-state index >= 15 is 0 Å². The maximum atomic E-state index is 9.63. The van der Waals surface area contributed by atoms with Crippen LogP contribution in [0.25, 0.3) is 0 Å². The van der Waals surface area contributed by atoms with Gasteiger partial charge in [0.05, 0.1) is 0 Å². The highest BCUT2D eigenvalue weighted by atomic mass is 16.5. The maximum Gasteiger partial charge on any atom is 0.290 e. The predicted molar refractivity (Wildman–Crippen MR) is 74.5 cm³/mol. The Hall–Kier alpha value is -1.59. The van der Waals surface area contributed by atoms with Crippen LogP contribution >= 0.6 is 0 Å². The fourth-order valence-electron chi connectivity index (χ4n) is 1.26. The number of carbonyl (C=O) groups is 1. The van der Waals surface area contributed by atoms with Crippen molar-refractivity contribution in [2.75, 3.05) is 13.2 Å². The Bertz CT molecular complexity index is 338. The number of benzene rings is 1. The van der Waals surface area contributed by atoms with Gasteiger partial charge in [-0.25, -0.2) is 0 Å². The number of carboxylic acid groups (broad SMARTS) is 1. The van der Waals surface area contributed by atoms with E-state index in [-0.39, 0.29) is 6.47 Å². The van der Waals surface area contributed by atoms with Crippen LogP contribution < -0.4 is 10.1 Å². The van der Waals surface area contributed by atoms with E-state index in [2.05, 4.69) is 5.32 Å². The van der Waals surface area contributed by atoms with E-state index in [4.69, 9.17) is 14.6 Å². The Morgan fingerprint density at radius 2 is 1.84 bits per heavy atom. The number of aliphatic hydroxyl groups excluding tert-OH is 1. The van der Waals surface area contributed by atoms with Crippen LogP contribution in [0.3, 0.4) is 0 Å². The summed E-state index contributed by atoms with van der Waals surface area (Å²) in [6.45, 7) is 6.76. The van der Waals surface area contributed by atoms with Crippen molar-refractivity contribution in [2.24, 2.45) is 0 Å². The van der Waals surface area contributed by atoms with Crippen LogP contribution in [-0.4, -0.2) is 42.0 Å². The quantitative estimate of drug-likeness (QED) is 0.681. The van der Waals surface area contributed by atoms with Crippen molar-refractivity contribution < 1.29 is 19.7 Å². The topological polar surface area (TPSA) is 78.8 Å². The molecule has 1 aromatic rings. The van der Waals surface area contributed by atoms with E-state index in [9.17, 15) is 5.11 Å². The number of aryl methyl sites for hydroxylation is 1. The Kier molecular flexibility index (Phi) is 9.48. The molecule has 0 aliphatic heterocycles. The first-order valence-corrected chi connectivity index (χ1v) is 6.18. The number of ether oxygens (including phenoxy) is 1. The van der Waals surface area contributed by atoms with Crippen molar-refractivity contribution in [1.82, 2.24) is 5.32 Å².